The second kappa shape index (κ2) is 5.97. The smallest absolute Gasteiger partial charge is 0.0681 e. The van der Waals surface area contributed by atoms with Crippen molar-refractivity contribution in [1.82, 2.24) is 5.32 Å². The van der Waals surface area contributed by atoms with E-state index in [0.717, 1.165) is 18.7 Å². The van der Waals surface area contributed by atoms with Crippen molar-refractivity contribution in [1.29, 1.82) is 0 Å². The van der Waals surface area contributed by atoms with Crippen LogP contribution < -0.4 is 5.32 Å². The maximum Gasteiger partial charge on any atom is 0.0681 e. The van der Waals surface area contributed by atoms with Gasteiger partial charge in [-0.15, -0.1) is 11.6 Å². The molecule has 1 aromatic rings. The Hall–Kier alpha value is -0.570. The topological polar surface area (TPSA) is 32.3 Å². The lowest BCUT2D eigenvalue weighted by molar-refractivity contribution is 0.282. The van der Waals surface area contributed by atoms with E-state index in [2.05, 4.69) is 5.32 Å². The lowest BCUT2D eigenvalue weighted by Crippen LogP contribution is -2.15. The Kier molecular flexibility index (Phi) is 4.83. The van der Waals surface area contributed by atoms with Crippen molar-refractivity contribution in [3.05, 3.63) is 35.4 Å². The van der Waals surface area contributed by atoms with Gasteiger partial charge in [-0.1, -0.05) is 24.3 Å². The highest BCUT2D eigenvalue weighted by Crippen LogP contribution is 2.03. The van der Waals surface area contributed by atoms with Gasteiger partial charge >= 0.3 is 0 Å². The molecule has 0 aromatic heterocycles. The Morgan fingerprint density at radius 2 is 1.77 bits per heavy atom. The summed E-state index contributed by atoms with van der Waals surface area (Å²) in [7, 11) is 0. The fraction of sp³-hybridized carbons (Fsp3) is 0.400. The molecule has 1 rings (SSSR count). The molecule has 13 heavy (non-hydrogen) atoms. The molecule has 2 N–H and O–H groups in total. The summed E-state index contributed by atoms with van der Waals surface area (Å²) in [5.41, 5.74) is 2.16. The zero-order valence-corrected chi connectivity index (χ0v) is 8.22. The maximum atomic E-state index is 8.81. The first-order valence-corrected chi connectivity index (χ1v) is 4.85. The summed E-state index contributed by atoms with van der Waals surface area (Å²) in [6.45, 7) is 1.76. The fourth-order valence-corrected chi connectivity index (χ4v) is 1.20. The summed E-state index contributed by atoms with van der Waals surface area (Å²) in [6.07, 6.45) is 0. The number of hydrogen-bond donors (Lipinski definition) is 2. The molecular formula is C10H14ClNO. The van der Waals surface area contributed by atoms with Crippen LogP contribution in [-0.4, -0.2) is 17.5 Å². The van der Waals surface area contributed by atoms with Gasteiger partial charge in [-0.2, -0.15) is 0 Å². The predicted molar refractivity (Wildman–Crippen MR) is 54.8 cm³/mol. The molecule has 3 heteroatoms. The van der Waals surface area contributed by atoms with E-state index in [1.54, 1.807) is 0 Å². The number of rotatable bonds is 5. The van der Waals surface area contributed by atoms with Gasteiger partial charge < -0.3 is 10.4 Å². The fourth-order valence-electron chi connectivity index (χ4n) is 1.06. The number of benzene rings is 1. The standard InChI is InChI=1S/C10H14ClNO/c11-5-6-12-7-9-1-3-10(8-13)4-2-9/h1-4,12-13H,5-8H2. The third-order valence-electron chi connectivity index (χ3n) is 1.81. The van der Waals surface area contributed by atoms with Gasteiger partial charge in [0.15, 0.2) is 0 Å². The molecule has 0 aliphatic heterocycles. The Morgan fingerprint density at radius 1 is 1.15 bits per heavy atom. The second-order valence-electron chi connectivity index (χ2n) is 2.84. The van der Waals surface area contributed by atoms with Crippen molar-refractivity contribution in [2.24, 2.45) is 0 Å². The summed E-state index contributed by atoms with van der Waals surface area (Å²) in [6, 6.07) is 7.87. The van der Waals surface area contributed by atoms with E-state index < -0.39 is 0 Å². The van der Waals surface area contributed by atoms with E-state index in [1.165, 1.54) is 5.56 Å². The molecule has 0 aliphatic carbocycles. The second-order valence-corrected chi connectivity index (χ2v) is 3.22. The van der Waals surface area contributed by atoms with Crippen LogP contribution in [-0.2, 0) is 13.2 Å². The van der Waals surface area contributed by atoms with Crippen LogP contribution in [0.2, 0.25) is 0 Å². The molecule has 0 fully saturated rings. The molecule has 0 unspecified atom stereocenters. The van der Waals surface area contributed by atoms with Crippen LogP contribution in [0, 0.1) is 0 Å². The molecular weight excluding hydrogens is 186 g/mol. The number of alkyl halides is 1. The van der Waals surface area contributed by atoms with E-state index in [-0.39, 0.29) is 6.61 Å². The molecule has 0 bridgehead atoms. The third-order valence-corrected chi connectivity index (χ3v) is 1.99. The number of aliphatic hydroxyl groups excluding tert-OH is 1. The predicted octanol–water partition coefficient (Wildman–Crippen LogP) is 1.51. The van der Waals surface area contributed by atoms with Crippen LogP contribution in [0.1, 0.15) is 11.1 Å². The first-order valence-electron chi connectivity index (χ1n) is 4.32. The highest BCUT2D eigenvalue weighted by Gasteiger charge is 1.92. The largest absolute Gasteiger partial charge is 0.392 e. The van der Waals surface area contributed by atoms with Crippen LogP contribution in [0.3, 0.4) is 0 Å². The summed E-state index contributed by atoms with van der Waals surface area (Å²) in [5, 5.41) is 12.0. The average Bonchev–Trinajstić information content (AvgIpc) is 2.19. The minimum absolute atomic E-state index is 0.107. The quantitative estimate of drug-likeness (QED) is 0.557. The maximum absolute atomic E-state index is 8.81. The molecule has 2 nitrogen and oxygen atoms in total. The van der Waals surface area contributed by atoms with Gasteiger partial charge in [0.1, 0.15) is 0 Å². The van der Waals surface area contributed by atoms with Crippen LogP contribution in [0.5, 0.6) is 0 Å². The van der Waals surface area contributed by atoms with Gasteiger partial charge in [0.05, 0.1) is 6.61 Å². The first kappa shape index (κ1) is 10.5. The highest BCUT2D eigenvalue weighted by molar-refractivity contribution is 6.18. The zero-order valence-electron chi connectivity index (χ0n) is 7.46. The number of hydrogen-bond acceptors (Lipinski definition) is 2. The van der Waals surface area contributed by atoms with Gasteiger partial charge in [-0.25, -0.2) is 0 Å². The molecule has 0 atom stereocenters. The summed E-state index contributed by atoms with van der Waals surface area (Å²) in [4.78, 5) is 0. The molecule has 0 heterocycles. The number of nitrogens with one attached hydrogen (secondary N) is 1. The van der Waals surface area contributed by atoms with Gasteiger partial charge in [0.25, 0.3) is 0 Å². The van der Waals surface area contributed by atoms with E-state index in [9.17, 15) is 0 Å². The molecule has 1 aromatic carbocycles. The van der Waals surface area contributed by atoms with Crippen LogP contribution >= 0.6 is 11.6 Å². The van der Waals surface area contributed by atoms with E-state index in [0.29, 0.717) is 5.88 Å². The molecule has 0 aliphatic rings. The van der Waals surface area contributed by atoms with Crippen molar-refractivity contribution >= 4 is 11.6 Å². The Labute approximate surface area is 83.5 Å². The average molecular weight is 200 g/mol. The van der Waals surface area contributed by atoms with E-state index in [1.807, 2.05) is 24.3 Å². The summed E-state index contributed by atoms with van der Waals surface area (Å²) in [5.74, 6) is 0.634. The third kappa shape index (κ3) is 3.77. The van der Waals surface area contributed by atoms with Crippen LogP contribution in [0.4, 0.5) is 0 Å². The lowest BCUT2D eigenvalue weighted by atomic mass is 10.1. The van der Waals surface area contributed by atoms with Crippen LogP contribution in [0.25, 0.3) is 0 Å². The minimum Gasteiger partial charge on any atom is -0.392 e. The number of halogens is 1. The summed E-state index contributed by atoms with van der Waals surface area (Å²) < 4.78 is 0. The molecule has 0 radical (unpaired) electrons. The molecule has 0 spiro atoms. The van der Waals surface area contributed by atoms with Gasteiger partial charge in [-0.05, 0) is 11.1 Å². The summed E-state index contributed by atoms with van der Waals surface area (Å²) >= 11 is 5.52. The Bertz CT molecular complexity index is 235. The van der Waals surface area contributed by atoms with Crippen molar-refractivity contribution in [2.45, 2.75) is 13.2 Å². The minimum atomic E-state index is 0.107. The van der Waals surface area contributed by atoms with Gasteiger partial charge in [0.2, 0.25) is 0 Å². The molecule has 0 saturated carbocycles. The highest BCUT2D eigenvalue weighted by atomic mass is 35.5. The van der Waals surface area contributed by atoms with E-state index >= 15 is 0 Å². The molecule has 0 saturated heterocycles. The Balaban J connectivity index is 2.40. The normalized spacial score (nSPS) is 10.3. The van der Waals surface area contributed by atoms with Crippen molar-refractivity contribution in [3.8, 4) is 0 Å². The molecule has 72 valence electrons. The SMILES string of the molecule is OCc1ccc(CNCCCl)cc1. The van der Waals surface area contributed by atoms with Crippen molar-refractivity contribution in [3.63, 3.8) is 0 Å². The monoisotopic (exact) mass is 199 g/mol. The first-order chi connectivity index (χ1) is 6.36. The number of aliphatic hydroxyl groups is 1. The Morgan fingerprint density at radius 3 is 2.31 bits per heavy atom. The zero-order chi connectivity index (χ0) is 9.52. The van der Waals surface area contributed by atoms with Gasteiger partial charge in [-0.3, -0.25) is 0 Å². The van der Waals surface area contributed by atoms with Gasteiger partial charge in [0, 0.05) is 19.0 Å². The van der Waals surface area contributed by atoms with E-state index in [4.69, 9.17) is 16.7 Å². The lowest BCUT2D eigenvalue weighted by Gasteiger charge is -2.03. The van der Waals surface area contributed by atoms with Crippen molar-refractivity contribution < 1.29 is 5.11 Å². The van der Waals surface area contributed by atoms with Crippen molar-refractivity contribution in [2.75, 3.05) is 12.4 Å². The molecule has 0 amide bonds. The van der Waals surface area contributed by atoms with Crippen LogP contribution in [0.15, 0.2) is 24.3 Å².